The number of nitrogens with zero attached hydrogens (tertiary/aromatic N) is 1. The molecular weight excluding hydrogens is 316 g/mol. The fourth-order valence-corrected chi connectivity index (χ4v) is 2.38. The Balaban J connectivity index is 1.96. The van der Waals surface area contributed by atoms with E-state index in [0.29, 0.717) is 18.8 Å². The molecule has 0 bridgehead atoms. The Labute approximate surface area is 148 Å². The minimum atomic E-state index is -0.204. The number of amides is 2. The second kappa shape index (κ2) is 8.87. The molecule has 0 radical (unpaired) electrons. The SMILES string of the molecule is CCOc1ccc(N(CC(=O)NCc2ccc(C)cc2)C(C)=O)cc1. The number of hydrogen-bond acceptors (Lipinski definition) is 3. The van der Waals surface area contributed by atoms with Gasteiger partial charge in [-0.1, -0.05) is 29.8 Å². The minimum Gasteiger partial charge on any atom is -0.494 e. The molecule has 2 aromatic carbocycles. The number of carbonyl (C=O) groups is 2. The van der Waals surface area contributed by atoms with E-state index >= 15 is 0 Å². The molecule has 5 nitrogen and oxygen atoms in total. The normalized spacial score (nSPS) is 10.2. The summed E-state index contributed by atoms with van der Waals surface area (Å²) in [6, 6.07) is 15.1. The molecule has 2 aromatic rings. The summed E-state index contributed by atoms with van der Waals surface area (Å²) in [7, 11) is 0. The first-order valence-electron chi connectivity index (χ1n) is 8.32. The second-order valence-electron chi connectivity index (χ2n) is 5.79. The first-order valence-corrected chi connectivity index (χ1v) is 8.32. The van der Waals surface area contributed by atoms with Gasteiger partial charge in [-0.3, -0.25) is 9.59 Å². The van der Waals surface area contributed by atoms with Crippen molar-refractivity contribution in [3.8, 4) is 5.75 Å². The van der Waals surface area contributed by atoms with Crippen LogP contribution in [-0.4, -0.2) is 25.0 Å². The Morgan fingerprint density at radius 2 is 1.68 bits per heavy atom. The van der Waals surface area contributed by atoms with Crippen LogP contribution in [0.1, 0.15) is 25.0 Å². The quantitative estimate of drug-likeness (QED) is 0.843. The van der Waals surface area contributed by atoms with E-state index in [1.165, 1.54) is 17.4 Å². The number of carbonyl (C=O) groups excluding carboxylic acids is 2. The van der Waals surface area contributed by atoms with E-state index < -0.39 is 0 Å². The molecule has 25 heavy (non-hydrogen) atoms. The second-order valence-corrected chi connectivity index (χ2v) is 5.79. The van der Waals surface area contributed by atoms with Crippen molar-refractivity contribution in [2.75, 3.05) is 18.1 Å². The van der Waals surface area contributed by atoms with Crippen LogP contribution in [0, 0.1) is 6.92 Å². The van der Waals surface area contributed by atoms with Crippen molar-refractivity contribution >= 4 is 17.5 Å². The number of aryl methyl sites for hydroxylation is 1. The highest BCUT2D eigenvalue weighted by Crippen LogP contribution is 2.19. The van der Waals surface area contributed by atoms with Crippen LogP contribution in [0.25, 0.3) is 0 Å². The van der Waals surface area contributed by atoms with Gasteiger partial charge in [-0.05, 0) is 43.7 Å². The molecule has 2 amide bonds. The van der Waals surface area contributed by atoms with Crippen LogP contribution in [0.2, 0.25) is 0 Å². The van der Waals surface area contributed by atoms with Gasteiger partial charge >= 0.3 is 0 Å². The van der Waals surface area contributed by atoms with Gasteiger partial charge in [0.15, 0.2) is 0 Å². The van der Waals surface area contributed by atoms with E-state index in [9.17, 15) is 9.59 Å². The average Bonchev–Trinajstić information content (AvgIpc) is 2.60. The summed E-state index contributed by atoms with van der Waals surface area (Å²) in [5, 5.41) is 2.85. The van der Waals surface area contributed by atoms with E-state index in [-0.39, 0.29) is 18.4 Å². The third kappa shape index (κ3) is 5.64. The van der Waals surface area contributed by atoms with Crippen LogP contribution in [0.15, 0.2) is 48.5 Å². The van der Waals surface area contributed by atoms with Crippen molar-refractivity contribution in [2.24, 2.45) is 0 Å². The first-order chi connectivity index (χ1) is 12.0. The van der Waals surface area contributed by atoms with Crippen LogP contribution >= 0.6 is 0 Å². The van der Waals surface area contributed by atoms with Gasteiger partial charge in [0, 0.05) is 19.2 Å². The summed E-state index contributed by atoms with van der Waals surface area (Å²) in [6.45, 7) is 6.38. The summed E-state index contributed by atoms with van der Waals surface area (Å²) < 4.78 is 5.40. The van der Waals surface area contributed by atoms with E-state index in [2.05, 4.69) is 5.32 Å². The monoisotopic (exact) mass is 340 g/mol. The molecule has 0 aromatic heterocycles. The summed E-state index contributed by atoms with van der Waals surface area (Å²) >= 11 is 0. The number of benzene rings is 2. The maximum absolute atomic E-state index is 12.2. The van der Waals surface area contributed by atoms with Crippen molar-refractivity contribution in [1.29, 1.82) is 0 Å². The number of ether oxygens (including phenoxy) is 1. The summed E-state index contributed by atoms with van der Waals surface area (Å²) in [4.78, 5) is 25.6. The highest BCUT2D eigenvalue weighted by atomic mass is 16.5. The zero-order chi connectivity index (χ0) is 18.2. The molecule has 132 valence electrons. The number of hydrogen-bond donors (Lipinski definition) is 1. The third-order valence-corrected chi connectivity index (χ3v) is 3.75. The summed E-state index contributed by atoms with van der Waals surface area (Å²) in [5.41, 5.74) is 2.86. The van der Waals surface area contributed by atoms with Crippen molar-refractivity contribution in [3.63, 3.8) is 0 Å². The molecule has 0 heterocycles. The lowest BCUT2D eigenvalue weighted by Gasteiger charge is -2.21. The molecule has 0 fully saturated rings. The van der Waals surface area contributed by atoms with Gasteiger partial charge in [-0.25, -0.2) is 0 Å². The van der Waals surface area contributed by atoms with Crippen molar-refractivity contribution in [1.82, 2.24) is 5.32 Å². The van der Waals surface area contributed by atoms with E-state index in [1.807, 2.05) is 38.1 Å². The standard InChI is InChI=1S/C20H24N2O3/c1-4-25-19-11-9-18(10-12-19)22(16(3)23)14-20(24)21-13-17-7-5-15(2)6-8-17/h5-12H,4,13-14H2,1-3H3,(H,21,24). The lowest BCUT2D eigenvalue weighted by atomic mass is 10.1. The van der Waals surface area contributed by atoms with Gasteiger partial charge in [0.2, 0.25) is 11.8 Å². The van der Waals surface area contributed by atoms with Gasteiger partial charge < -0.3 is 15.0 Å². The molecular formula is C20H24N2O3. The molecule has 0 aliphatic heterocycles. The highest BCUT2D eigenvalue weighted by molar-refractivity contribution is 5.97. The summed E-state index contributed by atoms with van der Waals surface area (Å²) in [6.07, 6.45) is 0. The highest BCUT2D eigenvalue weighted by Gasteiger charge is 2.15. The first kappa shape index (κ1) is 18.5. The molecule has 0 atom stereocenters. The predicted molar refractivity (Wildman–Crippen MR) is 98.7 cm³/mol. The van der Waals surface area contributed by atoms with Gasteiger partial charge in [0.05, 0.1) is 6.61 Å². The molecule has 5 heteroatoms. The predicted octanol–water partition coefficient (Wildman–Crippen LogP) is 3.06. The van der Waals surface area contributed by atoms with Crippen LogP contribution < -0.4 is 15.0 Å². The zero-order valence-corrected chi connectivity index (χ0v) is 14.9. The third-order valence-electron chi connectivity index (χ3n) is 3.75. The molecule has 1 N–H and O–H groups in total. The topological polar surface area (TPSA) is 58.6 Å². The van der Waals surface area contributed by atoms with Crippen LogP contribution in [0.4, 0.5) is 5.69 Å². The van der Waals surface area contributed by atoms with Gasteiger partial charge in [0.1, 0.15) is 12.3 Å². The Bertz CT molecular complexity index is 709. The minimum absolute atomic E-state index is 0.0187. The van der Waals surface area contributed by atoms with E-state index in [4.69, 9.17) is 4.74 Å². The largest absolute Gasteiger partial charge is 0.494 e. The average molecular weight is 340 g/mol. The smallest absolute Gasteiger partial charge is 0.240 e. The fourth-order valence-electron chi connectivity index (χ4n) is 2.38. The Kier molecular flexibility index (Phi) is 6.57. The summed E-state index contributed by atoms with van der Waals surface area (Å²) in [5.74, 6) is 0.345. The van der Waals surface area contributed by atoms with Crippen LogP contribution in [-0.2, 0) is 16.1 Å². The van der Waals surface area contributed by atoms with Crippen molar-refractivity contribution in [2.45, 2.75) is 27.3 Å². The van der Waals surface area contributed by atoms with Crippen molar-refractivity contribution < 1.29 is 14.3 Å². The maximum atomic E-state index is 12.2. The maximum Gasteiger partial charge on any atom is 0.240 e. The fraction of sp³-hybridized carbons (Fsp3) is 0.300. The number of rotatable bonds is 7. The van der Waals surface area contributed by atoms with Crippen LogP contribution in [0.3, 0.4) is 0 Å². The molecule has 2 rings (SSSR count). The van der Waals surface area contributed by atoms with E-state index in [0.717, 1.165) is 11.3 Å². The number of nitrogens with one attached hydrogen (secondary N) is 1. The van der Waals surface area contributed by atoms with Gasteiger partial charge in [0.25, 0.3) is 0 Å². The Morgan fingerprint density at radius 1 is 1.04 bits per heavy atom. The van der Waals surface area contributed by atoms with Gasteiger partial charge in [-0.2, -0.15) is 0 Å². The lowest BCUT2D eigenvalue weighted by molar-refractivity contribution is -0.123. The van der Waals surface area contributed by atoms with Crippen LogP contribution in [0.5, 0.6) is 5.75 Å². The number of anilines is 1. The Hall–Kier alpha value is -2.82. The van der Waals surface area contributed by atoms with Crippen molar-refractivity contribution in [3.05, 3.63) is 59.7 Å². The van der Waals surface area contributed by atoms with E-state index in [1.54, 1.807) is 24.3 Å². The zero-order valence-electron chi connectivity index (χ0n) is 14.9. The molecule has 0 aliphatic rings. The van der Waals surface area contributed by atoms with Gasteiger partial charge in [-0.15, -0.1) is 0 Å². The molecule has 0 unspecified atom stereocenters. The molecule has 0 spiro atoms. The lowest BCUT2D eigenvalue weighted by Crippen LogP contribution is -2.39. The molecule has 0 aliphatic carbocycles. The Morgan fingerprint density at radius 3 is 2.24 bits per heavy atom. The molecule has 0 saturated carbocycles. The molecule has 0 saturated heterocycles.